The Hall–Kier alpha value is -1.44. The van der Waals surface area contributed by atoms with Crippen LogP contribution in [0.3, 0.4) is 0 Å². The molecule has 0 aliphatic rings. The van der Waals surface area contributed by atoms with E-state index in [1.54, 1.807) is 26.2 Å². The van der Waals surface area contributed by atoms with Crippen LogP contribution in [0.5, 0.6) is 0 Å². The van der Waals surface area contributed by atoms with Crippen LogP contribution in [-0.2, 0) is 14.8 Å². The molecule has 0 bridgehead atoms. The van der Waals surface area contributed by atoms with E-state index in [1.807, 2.05) is 6.92 Å². The van der Waals surface area contributed by atoms with Gasteiger partial charge in [-0.2, -0.15) is 4.31 Å². The Morgan fingerprint density at radius 1 is 1.29 bits per heavy atom. The van der Waals surface area contributed by atoms with E-state index in [1.165, 1.54) is 24.1 Å². The summed E-state index contributed by atoms with van der Waals surface area (Å²) in [7, 11) is 0.745. The molecule has 0 aromatic heterocycles. The molecule has 0 spiro atoms. The standard InChI is InChI=1S/C14H22N2O4S/c1-5-13(17)11-7-6-8-12(9-11)21(19,20)16(4)10-14(18)15(2)3/h6-9,13,17H,5,10H2,1-4H3. The largest absolute Gasteiger partial charge is 0.388 e. The van der Waals surface area contributed by atoms with Crippen LogP contribution in [-0.4, -0.2) is 56.3 Å². The summed E-state index contributed by atoms with van der Waals surface area (Å²) in [6.07, 6.45) is -0.202. The maximum atomic E-state index is 12.4. The van der Waals surface area contributed by atoms with Crippen LogP contribution in [0.4, 0.5) is 0 Å². The van der Waals surface area contributed by atoms with Crippen molar-refractivity contribution in [3.63, 3.8) is 0 Å². The van der Waals surface area contributed by atoms with E-state index in [0.717, 1.165) is 4.31 Å². The molecule has 0 aliphatic carbocycles. The molecule has 1 atom stereocenters. The first-order valence-electron chi connectivity index (χ1n) is 6.64. The average molecular weight is 314 g/mol. The van der Waals surface area contributed by atoms with Gasteiger partial charge in [0.1, 0.15) is 0 Å². The molecule has 118 valence electrons. The van der Waals surface area contributed by atoms with Crippen LogP contribution in [0.25, 0.3) is 0 Å². The molecule has 7 heteroatoms. The molecule has 0 heterocycles. The average Bonchev–Trinajstić information content (AvgIpc) is 2.46. The van der Waals surface area contributed by atoms with Crippen molar-refractivity contribution in [3.8, 4) is 0 Å². The third kappa shape index (κ3) is 4.26. The van der Waals surface area contributed by atoms with Gasteiger partial charge in [-0.15, -0.1) is 0 Å². The molecule has 0 fully saturated rings. The fraction of sp³-hybridized carbons (Fsp3) is 0.500. The zero-order valence-electron chi connectivity index (χ0n) is 12.8. The first kappa shape index (κ1) is 17.6. The summed E-state index contributed by atoms with van der Waals surface area (Å²) in [6.45, 7) is 1.59. The minimum absolute atomic E-state index is 0.0709. The summed E-state index contributed by atoms with van der Waals surface area (Å²) in [4.78, 5) is 13.0. The Labute approximate surface area is 126 Å². The van der Waals surface area contributed by atoms with Crippen molar-refractivity contribution >= 4 is 15.9 Å². The molecule has 21 heavy (non-hydrogen) atoms. The lowest BCUT2D eigenvalue weighted by atomic mass is 10.1. The van der Waals surface area contributed by atoms with Crippen LogP contribution in [0.1, 0.15) is 25.0 Å². The van der Waals surface area contributed by atoms with Crippen LogP contribution in [0.2, 0.25) is 0 Å². The summed E-state index contributed by atoms with van der Waals surface area (Å²) in [5, 5.41) is 9.81. The molecule has 0 aliphatic heterocycles. The maximum absolute atomic E-state index is 12.4. The first-order chi connectivity index (χ1) is 9.70. The predicted octanol–water partition coefficient (Wildman–Crippen LogP) is 0.839. The summed E-state index contributed by atoms with van der Waals surface area (Å²) in [5.41, 5.74) is 0.547. The highest BCUT2D eigenvalue weighted by atomic mass is 32.2. The Morgan fingerprint density at radius 3 is 2.43 bits per heavy atom. The maximum Gasteiger partial charge on any atom is 0.243 e. The number of nitrogens with zero attached hydrogens (tertiary/aromatic N) is 2. The van der Waals surface area contributed by atoms with Crippen molar-refractivity contribution in [2.24, 2.45) is 0 Å². The van der Waals surface area contributed by atoms with Crippen molar-refractivity contribution in [3.05, 3.63) is 29.8 Å². The van der Waals surface area contributed by atoms with Crippen molar-refractivity contribution in [1.29, 1.82) is 0 Å². The van der Waals surface area contributed by atoms with Gasteiger partial charge >= 0.3 is 0 Å². The van der Waals surface area contributed by atoms with Crippen molar-refractivity contribution in [2.75, 3.05) is 27.7 Å². The fourth-order valence-corrected chi connectivity index (χ4v) is 2.89. The van der Waals surface area contributed by atoms with E-state index in [4.69, 9.17) is 0 Å². The third-order valence-corrected chi connectivity index (χ3v) is 4.99. The van der Waals surface area contributed by atoms with Gasteiger partial charge in [-0.1, -0.05) is 19.1 Å². The van der Waals surface area contributed by atoms with E-state index < -0.39 is 16.1 Å². The molecule has 0 radical (unpaired) electrons. The number of amides is 1. The van der Waals surface area contributed by atoms with Gasteiger partial charge in [-0.3, -0.25) is 4.79 Å². The number of carbonyl (C=O) groups excluding carboxylic acids is 1. The molecule has 0 saturated carbocycles. The van der Waals surface area contributed by atoms with Crippen LogP contribution < -0.4 is 0 Å². The van der Waals surface area contributed by atoms with Crippen LogP contribution in [0, 0.1) is 0 Å². The molecular weight excluding hydrogens is 292 g/mol. The second-order valence-electron chi connectivity index (χ2n) is 5.05. The zero-order valence-corrected chi connectivity index (χ0v) is 13.6. The number of aliphatic hydroxyl groups excluding tert-OH is 1. The fourth-order valence-electron chi connectivity index (χ4n) is 1.71. The Morgan fingerprint density at radius 2 is 1.90 bits per heavy atom. The van der Waals surface area contributed by atoms with Gasteiger partial charge in [0.05, 0.1) is 17.5 Å². The number of hydrogen-bond acceptors (Lipinski definition) is 4. The van der Waals surface area contributed by atoms with E-state index in [9.17, 15) is 18.3 Å². The molecule has 1 rings (SSSR count). The number of sulfonamides is 1. The summed E-state index contributed by atoms with van der Waals surface area (Å²) in [6, 6.07) is 6.17. The Kier molecular flexibility index (Phi) is 5.88. The highest BCUT2D eigenvalue weighted by Crippen LogP contribution is 2.21. The molecule has 1 aromatic carbocycles. The lowest BCUT2D eigenvalue weighted by Crippen LogP contribution is -2.37. The molecule has 6 nitrogen and oxygen atoms in total. The minimum Gasteiger partial charge on any atom is -0.388 e. The third-order valence-electron chi connectivity index (χ3n) is 3.19. The van der Waals surface area contributed by atoms with E-state index in [-0.39, 0.29) is 17.3 Å². The Bertz CT molecular complexity index is 599. The van der Waals surface area contributed by atoms with Crippen LogP contribution >= 0.6 is 0 Å². The lowest BCUT2D eigenvalue weighted by molar-refractivity contribution is -0.128. The quantitative estimate of drug-likeness (QED) is 0.844. The molecular formula is C14H22N2O4S. The van der Waals surface area contributed by atoms with Crippen molar-refractivity contribution < 1.29 is 18.3 Å². The number of carbonyl (C=O) groups is 1. The minimum atomic E-state index is -3.76. The summed E-state index contributed by atoms with van der Waals surface area (Å²) in [5.74, 6) is -0.300. The van der Waals surface area contributed by atoms with E-state index >= 15 is 0 Å². The Balaban J connectivity index is 3.05. The zero-order chi connectivity index (χ0) is 16.2. The monoisotopic (exact) mass is 314 g/mol. The van der Waals surface area contributed by atoms with Gasteiger partial charge < -0.3 is 10.0 Å². The number of aliphatic hydroxyl groups is 1. The summed E-state index contributed by atoms with van der Waals surface area (Å²) < 4.78 is 25.9. The van der Waals surface area contributed by atoms with Gasteiger partial charge in [0.2, 0.25) is 15.9 Å². The molecule has 1 amide bonds. The molecule has 0 saturated heterocycles. The molecule has 1 N–H and O–H groups in total. The lowest BCUT2D eigenvalue weighted by Gasteiger charge is -2.19. The van der Waals surface area contributed by atoms with Crippen LogP contribution in [0.15, 0.2) is 29.2 Å². The van der Waals surface area contributed by atoms with Gasteiger partial charge in [-0.25, -0.2) is 8.42 Å². The number of hydrogen-bond donors (Lipinski definition) is 1. The van der Waals surface area contributed by atoms with Crippen molar-refractivity contribution in [2.45, 2.75) is 24.3 Å². The smallest absolute Gasteiger partial charge is 0.243 e. The number of likely N-dealkylation sites (N-methyl/N-ethyl adjacent to an activating group) is 2. The second kappa shape index (κ2) is 7.02. The predicted molar refractivity (Wildman–Crippen MR) is 80.2 cm³/mol. The van der Waals surface area contributed by atoms with Gasteiger partial charge in [0, 0.05) is 21.1 Å². The van der Waals surface area contributed by atoms with Crippen molar-refractivity contribution in [1.82, 2.24) is 9.21 Å². The first-order valence-corrected chi connectivity index (χ1v) is 8.08. The van der Waals surface area contributed by atoms with Gasteiger partial charge in [0.15, 0.2) is 0 Å². The topological polar surface area (TPSA) is 77.9 Å². The SMILES string of the molecule is CCC(O)c1cccc(S(=O)(=O)N(C)CC(=O)N(C)C)c1. The molecule has 1 unspecified atom stereocenters. The second-order valence-corrected chi connectivity index (χ2v) is 7.09. The summed E-state index contributed by atoms with van der Waals surface area (Å²) >= 11 is 0. The van der Waals surface area contributed by atoms with Gasteiger partial charge in [-0.05, 0) is 24.1 Å². The molecule has 1 aromatic rings. The highest BCUT2D eigenvalue weighted by Gasteiger charge is 2.24. The number of benzene rings is 1. The normalized spacial score (nSPS) is 13.2. The van der Waals surface area contributed by atoms with E-state index in [2.05, 4.69) is 0 Å². The highest BCUT2D eigenvalue weighted by molar-refractivity contribution is 7.89. The number of rotatable bonds is 6. The van der Waals surface area contributed by atoms with Gasteiger partial charge in [0.25, 0.3) is 0 Å². The van der Waals surface area contributed by atoms with E-state index in [0.29, 0.717) is 12.0 Å².